The second kappa shape index (κ2) is 10.3. The molecule has 150 valence electrons. The van der Waals surface area contributed by atoms with Crippen LogP contribution in [0.4, 0.5) is 5.69 Å². The minimum absolute atomic E-state index is 0.0223. The first-order chi connectivity index (χ1) is 12.9. The van der Waals surface area contributed by atoms with Crippen LogP contribution >= 0.6 is 0 Å². The lowest BCUT2D eigenvalue weighted by molar-refractivity contribution is -0.131. The number of amides is 2. The van der Waals surface area contributed by atoms with Gasteiger partial charge in [0.05, 0.1) is 6.61 Å². The first-order valence-electron chi connectivity index (χ1n) is 10.3. The van der Waals surface area contributed by atoms with Gasteiger partial charge in [0.2, 0.25) is 11.8 Å². The van der Waals surface area contributed by atoms with Gasteiger partial charge in [-0.3, -0.25) is 9.59 Å². The molecular weight excluding hydrogens is 340 g/mol. The van der Waals surface area contributed by atoms with Gasteiger partial charge in [0.1, 0.15) is 11.8 Å². The molecule has 0 heterocycles. The number of carbonyl (C=O) groups excluding carboxylic acids is 2. The zero-order valence-electron chi connectivity index (χ0n) is 17.1. The fourth-order valence-corrected chi connectivity index (χ4v) is 3.52. The van der Waals surface area contributed by atoms with E-state index < -0.39 is 6.04 Å². The number of rotatable bonds is 8. The summed E-state index contributed by atoms with van der Waals surface area (Å²) < 4.78 is 5.43. The largest absolute Gasteiger partial charge is 0.494 e. The van der Waals surface area contributed by atoms with Crippen molar-refractivity contribution < 1.29 is 14.3 Å². The molecule has 0 spiro atoms. The third-order valence-electron chi connectivity index (χ3n) is 5.61. The van der Waals surface area contributed by atoms with Crippen LogP contribution in [0.15, 0.2) is 24.3 Å². The number of nitrogens with one attached hydrogen (secondary N) is 2. The van der Waals surface area contributed by atoms with E-state index in [0.29, 0.717) is 18.2 Å². The van der Waals surface area contributed by atoms with Crippen molar-refractivity contribution in [3.8, 4) is 5.75 Å². The molecule has 1 aromatic rings. The van der Waals surface area contributed by atoms with Gasteiger partial charge in [-0.05, 0) is 68.7 Å². The quantitative estimate of drug-likeness (QED) is 0.709. The molecule has 1 fully saturated rings. The van der Waals surface area contributed by atoms with Crippen LogP contribution in [0.5, 0.6) is 5.75 Å². The summed E-state index contributed by atoms with van der Waals surface area (Å²) in [6.07, 6.45) is 4.83. The van der Waals surface area contributed by atoms with E-state index >= 15 is 0 Å². The molecule has 0 radical (unpaired) electrons. The molecule has 1 aromatic carbocycles. The van der Waals surface area contributed by atoms with Crippen LogP contribution in [-0.2, 0) is 9.59 Å². The summed E-state index contributed by atoms with van der Waals surface area (Å²) >= 11 is 0. The van der Waals surface area contributed by atoms with Crippen molar-refractivity contribution in [1.82, 2.24) is 5.32 Å². The Morgan fingerprint density at radius 3 is 2.30 bits per heavy atom. The maximum Gasteiger partial charge on any atom is 0.247 e. The lowest BCUT2D eigenvalue weighted by atomic mass is 9.82. The van der Waals surface area contributed by atoms with Crippen molar-refractivity contribution in [2.24, 2.45) is 17.8 Å². The molecule has 2 atom stereocenters. The first-order valence-corrected chi connectivity index (χ1v) is 10.3. The van der Waals surface area contributed by atoms with Crippen molar-refractivity contribution >= 4 is 17.5 Å². The van der Waals surface area contributed by atoms with Gasteiger partial charge in [-0.2, -0.15) is 0 Å². The Bertz CT molecular complexity index is 606. The Balaban J connectivity index is 1.99. The Morgan fingerprint density at radius 2 is 1.74 bits per heavy atom. The molecule has 5 heteroatoms. The van der Waals surface area contributed by atoms with Gasteiger partial charge >= 0.3 is 0 Å². The molecule has 2 N–H and O–H groups in total. The molecule has 0 aromatic heterocycles. The minimum atomic E-state index is -0.520. The molecule has 2 rings (SSSR count). The van der Waals surface area contributed by atoms with Gasteiger partial charge in [0.25, 0.3) is 0 Å². The average molecular weight is 375 g/mol. The molecule has 2 unspecified atom stereocenters. The number of anilines is 1. The van der Waals surface area contributed by atoms with Crippen LogP contribution in [0.3, 0.4) is 0 Å². The molecule has 27 heavy (non-hydrogen) atoms. The van der Waals surface area contributed by atoms with Gasteiger partial charge in [-0.1, -0.05) is 27.2 Å². The number of hydrogen-bond acceptors (Lipinski definition) is 3. The molecule has 1 aliphatic rings. The van der Waals surface area contributed by atoms with Crippen LogP contribution in [0.2, 0.25) is 0 Å². The maximum absolute atomic E-state index is 12.8. The van der Waals surface area contributed by atoms with E-state index in [9.17, 15) is 9.59 Å². The van der Waals surface area contributed by atoms with Gasteiger partial charge < -0.3 is 15.4 Å². The molecule has 2 amide bonds. The summed E-state index contributed by atoms with van der Waals surface area (Å²) in [5.74, 6) is 1.43. The average Bonchev–Trinajstić information content (AvgIpc) is 2.67. The van der Waals surface area contributed by atoms with E-state index in [4.69, 9.17) is 4.74 Å². The van der Waals surface area contributed by atoms with E-state index in [1.165, 1.54) is 0 Å². The van der Waals surface area contributed by atoms with E-state index in [1.54, 1.807) is 0 Å². The second-order valence-electron chi connectivity index (χ2n) is 7.78. The van der Waals surface area contributed by atoms with Crippen LogP contribution in [0.1, 0.15) is 59.8 Å². The van der Waals surface area contributed by atoms with Gasteiger partial charge in [-0.25, -0.2) is 0 Å². The number of carbonyl (C=O) groups is 2. The van der Waals surface area contributed by atoms with Gasteiger partial charge in [0, 0.05) is 11.6 Å². The normalized spacial score (nSPS) is 21.8. The summed E-state index contributed by atoms with van der Waals surface area (Å²) in [7, 11) is 0. The molecule has 0 saturated heterocycles. The fourth-order valence-electron chi connectivity index (χ4n) is 3.52. The standard InChI is InChI=1S/C22H34N2O3/c1-5-16(4)20(24-21(25)17-9-7-15(3)8-10-17)22(26)23-18-11-13-19(14-12-18)27-6-2/h11-17,20H,5-10H2,1-4H3,(H,23,26)(H,24,25). The molecular formula is C22H34N2O3. The summed E-state index contributed by atoms with van der Waals surface area (Å²) in [4.78, 5) is 25.5. The van der Waals surface area contributed by atoms with E-state index in [2.05, 4.69) is 17.6 Å². The zero-order chi connectivity index (χ0) is 19.8. The first kappa shape index (κ1) is 21.3. The molecule has 0 aliphatic heterocycles. The third-order valence-corrected chi connectivity index (χ3v) is 5.61. The van der Waals surface area contributed by atoms with Crippen LogP contribution in [-0.4, -0.2) is 24.5 Å². The smallest absolute Gasteiger partial charge is 0.247 e. The van der Waals surface area contributed by atoms with E-state index in [-0.39, 0.29) is 23.7 Å². The topological polar surface area (TPSA) is 67.4 Å². The lowest BCUT2D eigenvalue weighted by Gasteiger charge is -2.29. The van der Waals surface area contributed by atoms with Crippen LogP contribution < -0.4 is 15.4 Å². The molecule has 5 nitrogen and oxygen atoms in total. The summed E-state index contributed by atoms with van der Waals surface area (Å²) in [5, 5.41) is 5.96. The molecule has 0 bridgehead atoms. The highest BCUT2D eigenvalue weighted by atomic mass is 16.5. The van der Waals surface area contributed by atoms with Crippen molar-refractivity contribution in [2.45, 2.75) is 65.8 Å². The van der Waals surface area contributed by atoms with E-state index in [1.807, 2.05) is 45.0 Å². The Labute approximate surface area is 163 Å². The van der Waals surface area contributed by atoms with E-state index in [0.717, 1.165) is 37.9 Å². The maximum atomic E-state index is 12.8. The van der Waals surface area contributed by atoms with Crippen molar-refractivity contribution in [1.29, 1.82) is 0 Å². The molecule has 1 saturated carbocycles. The highest BCUT2D eigenvalue weighted by Gasteiger charge is 2.30. The Morgan fingerprint density at radius 1 is 1.11 bits per heavy atom. The van der Waals surface area contributed by atoms with Crippen LogP contribution in [0, 0.1) is 17.8 Å². The lowest BCUT2D eigenvalue weighted by Crippen LogP contribution is -2.49. The second-order valence-corrected chi connectivity index (χ2v) is 7.78. The van der Waals surface area contributed by atoms with Crippen molar-refractivity contribution in [3.05, 3.63) is 24.3 Å². The summed E-state index contributed by atoms with van der Waals surface area (Å²) in [6, 6.07) is 6.79. The Kier molecular flexibility index (Phi) is 8.14. The van der Waals surface area contributed by atoms with Gasteiger partial charge in [-0.15, -0.1) is 0 Å². The van der Waals surface area contributed by atoms with Crippen LogP contribution in [0.25, 0.3) is 0 Å². The van der Waals surface area contributed by atoms with Crippen molar-refractivity contribution in [3.63, 3.8) is 0 Å². The number of hydrogen-bond donors (Lipinski definition) is 2. The number of benzene rings is 1. The van der Waals surface area contributed by atoms with Gasteiger partial charge in [0.15, 0.2) is 0 Å². The number of ether oxygens (including phenoxy) is 1. The predicted octanol–water partition coefficient (Wildman–Crippen LogP) is 4.38. The fraction of sp³-hybridized carbons (Fsp3) is 0.636. The summed E-state index contributed by atoms with van der Waals surface area (Å²) in [5.41, 5.74) is 0.706. The minimum Gasteiger partial charge on any atom is -0.494 e. The monoisotopic (exact) mass is 374 g/mol. The SMILES string of the molecule is CCOc1ccc(NC(=O)C(NC(=O)C2CCC(C)CC2)C(C)CC)cc1. The highest BCUT2D eigenvalue weighted by molar-refractivity contribution is 5.97. The molecule has 1 aliphatic carbocycles. The zero-order valence-corrected chi connectivity index (χ0v) is 17.1. The third kappa shape index (κ3) is 6.26. The highest BCUT2D eigenvalue weighted by Crippen LogP contribution is 2.28. The predicted molar refractivity (Wildman–Crippen MR) is 109 cm³/mol. The Hall–Kier alpha value is -2.04. The summed E-state index contributed by atoms with van der Waals surface area (Å²) in [6.45, 7) is 8.82. The van der Waals surface area contributed by atoms with Crippen molar-refractivity contribution in [2.75, 3.05) is 11.9 Å².